The van der Waals surface area contributed by atoms with Gasteiger partial charge >= 0.3 is 0 Å². The third-order valence-corrected chi connectivity index (χ3v) is 14.2. The smallest absolute Gasteiger partial charge is 0.243 e. The van der Waals surface area contributed by atoms with E-state index in [1.807, 2.05) is 6.92 Å². The first-order valence-corrected chi connectivity index (χ1v) is 18.4. The number of hydrogen-bond acceptors (Lipinski definition) is 10. The molecule has 42 heavy (non-hydrogen) atoms. The van der Waals surface area contributed by atoms with E-state index in [0.29, 0.717) is 48.5 Å². The van der Waals surface area contributed by atoms with Gasteiger partial charge in [0.25, 0.3) is 0 Å². The highest BCUT2D eigenvalue weighted by Crippen LogP contribution is 2.42. The molecule has 1 aliphatic rings. The van der Waals surface area contributed by atoms with Crippen molar-refractivity contribution < 1.29 is 27.1 Å². The molecule has 0 spiro atoms. The Morgan fingerprint density at radius 1 is 1.10 bits per heavy atom. The van der Waals surface area contributed by atoms with E-state index in [9.17, 15) is 8.42 Å². The average Bonchev–Trinajstić information content (AvgIpc) is 3.60. The molecule has 3 aromatic rings. The molecule has 0 amide bonds. The molecule has 1 aliphatic heterocycles. The summed E-state index contributed by atoms with van der Waals surface area (Å²) in [5, 5.41) is 7.46. The summed E-state index contributed by atoms with van der Waals surface area (Å²) in [5.74, 6) is 1.68. The van der Waals surface area contributed by atoms with Crippen molar-refractivity contribution in [1.29, 1.82) is 0 Å². The molecule has 3 atom stereocenters. The van der Waals surface area contributed by atoms with Crippen LogP contribution in [-0.2, 0) is 19.2 Å². The third-order valence-electron chi connectivity index (χ3n) is 8.04. The second-order valence-electron chi connectivity index (χ2n) is 12.1. The topological polar surface area (TPSA) is 140 Å². The molecule has 1 N–H and O–H groups in total. The SMILES string of the molecule is COc1cccc(OC)c1-n1c(NS(=O)(=O)C(C)C(O[Si](C)(C)C(C)(C)C)c2ncc(C)cn2)nnc1[C@@H]1CCOC1. The van der Waals surface area contributed by atoms with Crippen molar-refractivity contribution in [3.63, 3.8) is 0 Å². The van der Waals surface area contributed by atoms with Gasteiger partial charge in [0.05, 0.1) is 20.8 Å². The van der Waals surface area contributed by atoms with Crippen molar-refractivity contribution in [2.75, 3.05) is 32.2 Å². The molecule has 3 heterocycles. The van der Waals surface area contributed by atoms with E-state index < -0.39 is 29.7 Å². The number of rotatable bonds is 11. The highest BCUT2D eigenvalue weighted by molar-refractivity contribution is 7.93. The Morgan fingerprint density at radius 3 is 2.24 bits per heavy atom. The molecule has 2 unspecified atom stereocenters. The fourth-order valence-electron chi connectivity index (χ4n) is 4.42. The molecule has 0 saturated carbocycles. The number of nitrogens with one attached hydrogen (secondary N) is 1. The second kappa shape index (κ2) is 12.3. The minimum atomic E-state index is -4.14. The zero-order valence-electron chi connectivity index (χ0n) is 25.8. The molecular formula is C28H42N6O6SSi. The normalized spacial score (nSPS) is 17.6. The lowest BCUT2D eigenvalue weighted by atomic mass is 10.1. The molecule has 0 bridgehead atoms. The molecule has 14 heteroatoms. The van der Waals surface area contributed by atoms with Crippen LogP contribution in [0.2, 0.25) is 18.1 Å². The van der Waals surface area contributed by atoms with Crippen molar-refractivity contribution in [2.24, 2.45) is 0 Å². The predicted octanol–water partition coefficient (Wildman–Crippen LogP) is 4.78. The van der Waals surface area contributed by atoms with Crippen LogP contribution in [0.1, 0.15) is 63.3 Å². The standard InChI is InChI=1S/C28H42N6O6SSi/c1-18-15-29-25(30-16-18)24(40-42(8,9)28(3,4)5)19(2)41(35,36)33-27-32-31-26(20-13-14-39-17-20)34(27)23-21(37-6)11-10-12-22(23)38-7/h10-12,15-16,19-20,24H,13-14,17H2,1-9H3,(H,32,33)/t19?,20-,24?/m1/s1. The Kier molecular flexibility index (Phi) is 9.30. The van der Waals surface area contributed by atoms with Gasteiger partial charge in [-0.1, -0.05) is 26.8 Å². The number of ether oxygens (including phenoxy) is 3. The van der Waals surface area contributed by atoms with Crippen molar-refractivity contribution >= 4 is 24.3 Å². The van der Waals surface area contributed by atoms with Gasteiger partial charge in [0.1, 0.15) is 34.4 Å². The number of sulfonamides is 1. The van der Waals surface area contributed by atoms with Gasteiger partial charge in [-0.05, 0) is 56.1 Å². The van der Waals surface area contributed by atoms with Crippen LogP contribution in [0.15, 0.2) is 30.6 Å². The van der Waals surface area contributed by atoms with Crippen LogP contribution >= 0.6 is 0 Å². The molecule has 12 nitrogen and oxygen atoms in total. The van der Waals surface area contributed by atoms with Crippen molar-refractivity contribution in [3.8, 4) is 17.2 Å². The first-order valence-electron chi connectivity index (χ1n) is 13.9. The van der Waals surface area contributed by atoms with E-state index >= 15 is 0 Å². The van der Waals surface area contributed by atoms with Gasteiger partial charge in [-0.15, -0.1) is 10.2 Å². The van der Waals surface area contributed by atoms with Crippen LogP contribution in [0, 0.1) is 6.92 Å². The number of anilines is 1. The Hall–Kier alpha value is -3.07. The summed E-state index contributed by atoms with van der Waals surface area (Å²) < 4.78 is 56.3. The van der Waals surface area contributed by atoms with Gasteiger partial charge in [0, 0.05) is 24.9 Å². The summed E-state index contributed by atoms with van der Waals surface area (Å²) in [6.45, 7) is 14.9. The first-order chi connectivity index (χ1) is 19.7. The second-order valence-corrected chi connectivity index (χ2v) is 18.9. The Morgan fingerprint density at radius 2 is 1.71 bits per heavy atom. The predicted molar refractivity (Wildman–Crippen MR) is 162 cm³/mol. The molecule has 0 radical (unpaired) electrons. The molecule has 0 aliphatic carbocycles. The van der Waals surface area contributed by atoms with Crippen molar-refractivity contribution in [2.45, 2.75) is 76.4 Å². The summed E-state index contributed by atoms with van der Waals surface area (Å²) in [5.41, 5.74) is 1.34. The molecule has 1 aromatic carbocycles. The van der Waals surface area contributed by atoms with E-state index in [-0.39, 0.29) is 16.9 Å². The van der Waals surface area contributed by atoms with E-state index in [1.54, 1.807) is 42.1 Å². The Bertz CT molecular complexity index is 1460. The van der Waals surface area contributed by atoms with Crippen LogP contribution in [-0.4, -0.2) is 74.2 Å². The summed E-state index contributed by atoms with van der Waals surface area (Å²) in [6, 6.07) is 5.33. The lowest BCUT2D eigenvalue weighted by Crippen LogP contribution is -2.45. The number of benzene rings is 1. The van der Waals surface area contributed by atoms with E-state index in [0.717, 1.165) is 5.56 Å². The van der Waals surface area contributed by atoms with Gasteiger partial charge in [0.2, 0.25) is 16.0 Å². The fraction of sp³-hybridized carbons (Fsp3) is 0.571. The first kappa shape index (κ1) is 31.9. The minimum Gasteiger partial charge on any atom is -0.494 e. The number of aryl methyl sites for hydroxylation is 1. The van der Waals surface area contributed by atoms with Crippen LogP contribution in [0.25, 0.3) is 5.69 Å². The zero-order chi connectivity index (χ0) is 30.9. The number of para-hydroxylation sites is 1. The molecule has 4 rings (SSSR count). The summed E-state index contributed by atoms with van der Waals surface area (Å²) >= 11 is 0. The summed E-state index contributed by atoms with van der Waals surface area (Å²) in [4.78, 5) is 8.93. The van der Waals surface area contributed by atoms with Crippen LogP contribution in [0.4, 0.5) is 5.95 Å². The monoisotopic (exact) mass is 618 g/mol. The van der Waals surface area contributed by atoms with Crippen molar-refractivity contribution in [1.82, 2.24) is 24.7 Å². The Labute approximate surface area is 249 Å². The third kappa shape index (κ3) is 6.46. The maximum absolute atomic E-state index is 14.1. The molecule has 1 saturated heterocycles. The van der Waals surface area contributed by atoms with E-state index in [4.69, 9.17) is 18.6 Å². The largest absolute Gasteiger partial charge is 0.494 e. The average molecular weight is 619 g/mol. The molecule has 230 valence electrons. The van der Waals surface area contributed by atoms with E-state index in [2.05, 4.69) is 58.8 Å². The van der Waals surface area contributed by atoms with Crippen LogP contribution < -0.4 is 14.2 Å². The summed E-state index contributed by atoms with van der Waals surface area (Å²) in [7, 11) is -3.51. The van der Waals surface area contributed by atoms with Gasteiger partial charge in [-0.2, -0.15) is 0 Å². The number of aromatic nitrogens is 5. The van der Waals surface area contributed by atoms with Gasteiger partial charge < -0.3 is 18.6 Å². The quantitative estimate of drug-likeness (QED) is 0.299. The maximum Gasteiger partial charge on any atom is 0.243 e. The zero-order valence-corrected chi connectivity index (χ0v) is 27.7. The Balaban J connectivity index is 1.80. The lowest BCUT2D eigenvalue weighted by Gasteiger charge is -2.40. The minimum absolute atomic E-state index is 0.00227. The highest BCUT2D eigenvalue weighted by atomic mass is 32.2. The molecule has 1 fully saturated rings. The van der Waals surface area contributed by atoms with E-state index in [1.165, 1.54) is 14.2 Å². The molecular weight excluding hydrogens is 576 g/mol. The lowest BCUT2D eigenvalue weighted by molar-refractivity contribution is 0.172. The highest BCUT2D eigenvalue weighted by Gasteiger charge is 2.44. The number of nitrogens with zero attached hydrogens (tertiary/aromatic N) is 5. The van der Waals surface area contributed by atoms with Gasteiger partial charge in [-0.3, -0.25) is 9.29 Å². The maximum atomic E-state index is 14.1. The van der Waals surface area contributed by atoms with Gasteiger partial charge in [0.15, 0.2) is 14.1 Å². The fourth-order valence-corrected chi connectivity index (χ4v) is 6.89. The van der Waals surface area contributed by atoms with Crippen LogP contribution in [0.5, 0.6) is 11.5 Å². The number of methoxy groups -OCH3 is 2. The molecule has 2 aromatic heterocycles. The number of hydrogen-bond donors (Lipinski definition) is 1. The van der Waals surface area contributed by atoms with Crippen molar-refractivity contribution in [3.05, 3.63) is 47.8 Å². The van der Waals surface area contributed by atoms with Gasteiger partial charge in [-0.25, -0.2) is 18.4 Å². The summed E-state index contributed by atoms with van der Waals surface area (Å²) in [6.07, 6.45) is 3.12. The van der Waals surface area contributed by atoms with Crippen LogP contribution in [0.3, 0.4) is 0 Å².